The molecule has 0 amide bonds. The number of ether oxygens (including phenoxy) is 1. The second-order valence-electron chi connectivity index (χ2n) is 4.44. The van der Waals surface area contributed by atoms with Crippen LogP contribution in [0.4, 0.5) is 0 Å². The molecule has 0 spiro atoms. The molecule has 0 aliphatic heterocycles. The SMILES string of the molecule is O=C(OC1CCCC(C(=O)O)C1)c1ccccn1. The largest absolute Gasteiger partial charge is 0.481 e. The van der Waals surface area contributed by atoms with Crippen molar-refractivity contribution in [2.24, 2.45) is 5.92 Å². The molecule has 1 aromatic rings. The molecule has 1 aromatic heterocycles. The number of carbonyl (C=O) groups excluding carboxylic acids is 1. The lowest BCUT2D eigenvalue weighted by molar-refractivity contribution is -0.144. The topological polar surface area (TPSA) is 76.5 Å². The third kappa shape index (κ3) is 3.06. The van der Waals surface area contributed by atoms with Crippen LogP contribution in [0.15, 0.2) is 24.4 Å². The van der Waals surface area contributed by atoms with Gasteiger partial charge in [-0.3, -0.25) is 4.79 Å². The second kappa shape index (κ2) is 5.62. The summed E-state index contributed by atoms with van der Waals surface area (Å²) in [7, 11) is 0. The maximum atomic E-state index is 11.8. The number of aliphatic carboxylic acids is 1. The van der Waals surface area contributed by atoms with Gasteiger partial charge in [-0.1, -0.05) is 6.07 Å². The van der Waals surface area contributed by atoms with Crippen molar-refractivity contribution >= 4 is 11.9 Å². The van der Waals surface area contributed by atoms with Crippen LogP contribution < -0.4 is 0 Å². The van der Waals surface area contributed by atoms with Gasteiger partial charge in [0.25, 0.3) is 0 Å². The van der Waals surface area contributed by atoms with E-state index in [1.165, 1.54) is 6.20 Å². The van der Waals surface area contributed by atoms with Gasteiger partial charge in [-0.05, 0) is 37.8 Å². The fraction of sp³-hybridized carbons (Fsp3) is 0.462. The van der Waals surface area contributed by atoms with Crippen LogP contribution >= 0.6 is 0 Å². The number of nitrogens with zero attached hydrogens (tertiary/aromatic N) is 1. The van der Waals surface area contributed by atoms with Gasteiger partial charge in [0.05, 0.1) is 5.92 Å². The standard InChI is InChI=1S/C13H15NO4/c15-12(16)9-4-3-5-10(8-9)18-13(17)11-6-1-2-7-14-11/h1-2,6-7,9-10H,3-5,8H2,(H,15,16). The maximum Gasteiger partial charge on any atom is 0.357 e. The Kier molecular flexibility index (Phi) is 3.92. The molecular weight excluding hydrogens is 234 g/mol. The average Bonchev–Trinajstić information content (AvgIpc) is 2.40. The van der Waals surface area contributed by atoms with Crippen molar-refractivity contribution in [1.29, 1.82) is 0 Å². The number of pyridine rings is 1. The van der Waals surface area contributed by atoms with Crippen molar-refractivity contribution in [3.05, 3.63) is 30.1 Å². The van der Waals surface area contributed by atoms with E-state index >= 15 is 0 Å². The Morgan fingerprint density at radius 3 is 2.83 bits per heavy atom. The highest BCUT2D eigenvalue weighted by atomic mass is 16.5. The normalized spacial score (nSPS) is 23.3. The highest BCUT2D eigenvalue weighted by Gasteiger charge is 2.29. The molecule has 18 heavy (non-hydrogen) atoms. The predicted molar refractivity (Wildman–Crippen MR) is 63.0 cm³/mol. The van der Waals surface area contributed by atoms with Crippen molar-refractivity contribution in [2.75, 3.05) is 0 Å². The molecule has 1 N–H and O–H groups in total. The number of carbonyl (C=O) groups is 2. The molecule has 0 saturated heterocycles. The van der Waals surface area contributed by atoms with Gasteiger partial charge in [0, 0.05) is 6.20 Å². The summed E-state index contributed by atoms with van der Waals surface area (Å²) in [6, 6.07) is 5.02. The number of carboxylic acid groups (broad SMARTS) is 1. The summed E-state index contributed by atoms with van der Waals surface area (Å²) in [5.41, 5.74) is 0.259. The fourth-order valence-corrected chi connectivity index (χ4v) is 2.17. The first-order valence-electron chi connectivity index (χ1n) is 6.01. The molecule has 5 heteroatoms. The number of rotatable bonds is 3. The molecule has 1 aliphatic carbocycles. The van der Waals surface area contributed by atoms with E-state index in [0.29, 0.717) is 12.8 Å². The van der Waals surface area contributed by atoms with Gasteiger partial charge >= 0.3 is 11.9 Å². The second-order valence-corrected chi connectivity index (χ2v) is 4.44. The summed E-state index contributed by atoms with van der Waals surface area (Å²) in [6.45, 7) is 0. The Hall–Kier alpha value is -1.91. The van der Waals surface area contributed by atoms with Gasteiger partial charge in [-0.15, -0.1) is 0 Å². The van der Waals surface area contributed by atoms with Gasteiger partial charge in [0.2, 0.25) is 0 Å². The number of carboxylic acids is 1. The van der Waals surface area contributed by atoms with E-state index in [2.05, 4.69) is 4.98 Å². The van der Waals surface area contributed by atoms with E-state index in [1.807, 2.05) is 0 Å². The molecule has 96 valence electrons. The molecule has 5 nitrogen and oxygen atoms in total. The highest BCUT2D eigenvalue weighted by Crippen LogP contribution is 2.27. The summed E-state index contributed by atoms with van der Waals surface area (Å²) < 4.78 is 5.29. The molecule has 1 saturated carbocycles. The van der Waals surface area contributed by atoms with E-state index in [1.54, 1.807) is 18.2 Å². The van der Waals surface area contributed by atoms with Gasteiger partial charge in [-0.2, -0.15) is 0 Å². The Bertz CT molecular complexity index is 432. The summed E-state index contributed by atoms with van der Waals surface area (Å²) in [5, 5.41) is 8.95. The predicted octanol–water partition coefficient (Wildman–Crippen LogP) is 1.88. The fourth-order valence-electron chi connectivity index (χ4n) is 2.17. The van der Waals surface area contributed by atoms with Crippen LogP contribution in [0.3, 0.4) is 0 Å². The quantitative estimate of drug-likeness (QED) is 0.828. The molecule has 2 rings (SSSR count). The van der Waals surface area contributed by atoms with E-state index in [0.717, 1.165) is 12.8 Å². The lowest BCUT2D eigenvalue weighted by atomic mass is 9.87. The molecule has 0 aromatic carbocycles. The van der Waals surface area contributed by atoms with Crippen LogP contribution in [-0.4, -0.2) is 28.1 Å². The summed E-state index contributed by atoms with van der Waals surface area (Å²) in [5.74, 6) is -1.69. The maximum absolute atomic E-state index is 11.8. The molecule has 1 aliphatic rings. The average molecular weight is 249 g/mol. The highest BCUT2D eigenvalue weighted by molar-refractivity contribution is 5.87. The smallest absolute Gasteiger partial charge is 0.357 e. The summed E-state index contributed by atoms with van der Waals surface area (Å²) in [6.07, 6.45) is 3.77. The minimum atomic E-state index is -0.811. The molecule has 2 unspecified atom stereocenters. The first kappa shape index (κ1) is 12.5. The number of hydrogen-bond acceptors (Lipinski definition) is 4. The first-order valence-corrected chi connectivity index (χ1v) is 6.01. The number of aromatic nitrogens is 1. The van der Waals surface area contributed by atoms with Gasteiger partial charge in [0.15, 0.2) is 0 Å². The van der Waals surface area contributed by atoms with Crippen LogP contribution in [0.2, 0.25) is 0 Å². The molecule has 0 radical (unpaired) electrons. The van der Waals surface area contributed by atoms with Gasteiger partial charge in [0.1, 0.15) is 11.8 Å². The summed E-state index contributed by atoms with van der Waals surface area (Å²) in [4.78, 5) is 26.6. The first-order chi connectivity index (χ1) is 8.66. The molecule has 0 bridgehead atoms. The van der Waals surface area contributed by atoms with Crippen LogP contribution in [-0.2, 0) is 9.53 Å². The van der Waals surface area contributed by atoms with Crippen LogP contribution in [0.5, 0.6) is 0 Å². The molecule has 2 atom stereocenters. The Morgan fingerprint density at radius 1 is 1.33 bits per heavy atom. The zero-order valence-corrected chi connectivity index (χ0v) is 9.91. The monoisotopic (exact) mass is 249 g/mol. The lowest BCUT2D eigenvalue weighted by Crippen LogP contribution is -2.29. The third-order valence-electron chi connectivity index (χ3n) is 3.12. The van der Waals surface area contributed by atoms with Gasteiger partial charge < -0.3 is 9.84 Å². The zero-order valence-electron chi connectivity index (χ0n) is 9.91. The van der Waals surface area contributed by atoms with Crippen LogP contribution in [0.1, 0.15) is 36.2 Å². The van der Waals surface area contributed by atoms with E-state index in [-0.39, 0.29) is 11.8 Å². The number of hydrogen-bond donors (Lipinski definition) is 1. The van der Waals surface area contributed by atoms with Crippen molar-refractivity contribution < 1.29 is 19.4 Å². The Balaban J connectivity index is 1.93. The van der Waals surface area contributed by atoms with Crippen molar-refractivity contribution in [3.8, 4) is 0 Å². The Morgan fingerprint density at radius 2 is 2.17 bits per heavy atom. The molecule has 1 heterocycles. The Labute approximate surface area is 105 Å². The minimum Gasteiger partial charge on any atom is -0.481 e. The number of esters is 1. The van der Waals surface area contributed by atoms with Crippen LogP contribution in [0, 0.1) is 5.92 Å². The third-order valence-corrected chi connectivity index (χ3v) is 3.12. The van der Waals surface area contributed by atoms with E-state index in [4.69, 9.17) is 9.84 Å². The van der Waals surface area contributed by atoms with Crippen molar-refractivity contribution in [2.45, 2.75) is 31.8 Å². The molecular formula is C13H15NO4. The van der Waals surface area contributed by atoms with E-state index < -0.39 is 17.9 Å². The molecule has 1 fully saturated rings. The minimum absolute atomic E-state index is 0.259. The van der Waals surface area contributed by atoms with Crippen molar-refractivity contribution in [1.82, 2.24) is 4.98 Å². The summed E-state index contributed by atoms with van der Waals surface area (Å²) >= 11 is 0. The van der Waals surface area contributed by atoms with Gasteiger partial charge in [-0.25, -0.2) is 9.78 Å². The van der Waals surface area contributed by atoms with Crippen molar-refractivity contribution in [3.63, 3.8) is 0 Å². The zero-order chi connectivity index (χ0) is 13.0. The van der Waals surface area contributed by atoms with Crippen LogP contribution in [0.25, 0.3) is 0 Å². The lowest BCUT2D eigenvalue weighted by Gasteiger charge is -2.26. The van der Waals surface area contributed by atoms with E-state index in [9.17, 15) is 9.59 Å².